The van der Waals surface area contributed by atoms with Crippen LogP contribution in [0.3, 0.4) is 0 Å². The Morgan fingerprint density at radius 2 is 2.05 bits per heavy atom. The number of nitrogens with one attached hydrogen (secondary N) is 1. The molecule has 2 N–H and O–H groups in total. The second kappa shape index (κ2) is 6.37. The molecule has 0 spiro atoms. The molecule has 22 heavy (non-hydrogen) atoms. The average Bonchev–Trinajstić information content (AvgIpc) is 2.49. The summed E-state index contributed by atoms with van der Waals surface area (Å²) in [5.74, 6) is -1.68. The summed E-state index contributed by atoms with van der Waals surface area (Å²) in [6, 6.07) is 10.5. The van der Waals surface area contributed by atoms with Crippen LogP contribution in [-0.4, -0.2) is 21.6 Å². The van der Waals surface area contributed by atoms with Crippen molar-refractivity contribution in [2.45, 2.75) is 6.54 Å². The lowest BCUT2D eigenvalue weighted by atomic mass is 10.2. The summed E-state index contributed by atoms with van der Waals surface area (Å²) in [5, 5.41) is 20.2. The number of hydrogen-bond donors (Lipinski definition) is 2. The molecule has 2 aromatic rings. The third-order valence-electron chi connectivity index (χ3n) is 2.82. The summed E-state index contributed by atoms with van der Waals surface area (Å²) in [6.45, 7) is -0.323. The lowest BCUT2D eigenvalue weighted by molar-refractivity contribution is -0.116. The average molecular weight is 297 g/mol. The largest absolute Gasteiger partial charge is 0.478 e. The van der Waals surface area contributed by atoms with Gasteiger partial charge >= 0.3 is 5.97 Å². The van der Waals surface area contributed by atoms with Gasteiger partial charge in [0.1, 0.15) is 6.54 Å². The zero-order valence-electron chi connectivity index (χ0n) is 11.3. The summed E-state index contributed by atoms with van der Waals surface area (Å²) in [7, 11) is 0. The highest BCUT2D eigenvalue weighted by Crippen LogP contribution is 2.09. The van der Waals surface area contributed by atoms with E-state index in [1.54, 1.807) is 18.2 Å². The van der Waals surface area contributed by atoms with Crippen LogP contribution in [0.25, 0.3) is 0 Å². The van der Waals surface area contributed by atoms with Gasteiger partial charge in [0, 0.05) is 18.0 Å². The highest BCUT2D eigenvalue weighted by molar-refractivity contribution is 5.91. The van der Waals surface area contributed by atoms with E-state index in [1.807, 2.05) is 6.07 Å². The third kappa shape index (κ3) is 3.58. The quantitative estimate of drug-likeness (QED) is 0.876. The van der Waals surface area contributed by atoms with Gasteiger partial charge in [0.25, 0.3) is 5.56 Å². The van der Waals surface area contributed by atoms with E-state index in [1.165, 1.54) is 12.1 Å². The summed E-state index contributed by atoms with van der Waals surface area (Å²) in [6.07, 6.45) is 1.11. The molecule has 1 aromatic carbocycles. The molecule has 1 amide bonds. The van der Waals surface area contributed by atoms with Gasteiger partial charge in [-0.05, 0) is 24.3 Å². The SMILES string of the molecule is N#Cc1cccc(NC(=O)Cn2cc(C(=O)O)ccc2=O)c1. The van der Waals surface area contributed by atoms with Gasteiger partial charge in [-0.2, -0.15) is 5.26 Å². The van der Waals surface area contributed by atoms with E-state index in [9.17, 15) is 14.4 Å². The monoisotopic (exact) mass is 297 g/mol. The number of rotatable bonds is 4. The number of carbonyl (C=O) groups excluding carboxylic acids is 1. The van der Waals surface area contributed by atoms with Crippen LogP contribution < -0.4 is 10.9 Å². The second-order valence-corrected chi connectivity index (χ2v) is 4.43. The number of amides is 1. The molecular formula is C15H11N3O4. The molecule has 0 radical (unpaired) electrons. The minimum atomic E-state index is -1.18. The van der Waals surface area contributed by atoms with Gasteiger partial charge in [0.2, 0.25) is 5.91 Å². The van der Waals surface area contributed by atoms with E-state index < -0.39 is 17.4 Å². The number of carbonyl (C=O) groups is 2. The molecule has 0 saturated carbocycles. The van der Waals surface area contributed by atoms with Gasteiger partial charge in [-0.15, -0.1) is 0 Å². The number of hydrogen-bond acceptors (Lipinski definition) is 4. The van der Waals surface area contributed by atoms with Gasteiger partial charge < -0.3 is 15.0 Å². The molecule has 2 rings (SSSR count). The Bertz CT molecular complexity index is 833. The summed E-state index contributed by atoms with van der Waals surface area (Å²) in [5.41, 5.74) is 0.249. The number of aromatic nitrogens is 1. The van der Waals surface area contributed by atoms with Crippen molar-refractivity contribution in [3.63, 3.8) is 0 Å². The minimum Gasteiger partial charge on any atom is -0.478 e. The molecule has 0 aliphatic carbocycles. The lowest BCUT2D eigenvalue weighted by Crippen LogP contribution is -2.27. The predicted octanol–water partition coefficient (Wildman–Crippen LogP) is 1.06. The highest BCUT2D eigenvalue weighted by atomic mass is 16.4. The van der Waals surface area contributed by atoms with Crippen LogP contribution in [-0.2, 0) is 11.3 Å². The molecule has 1 heterocycles. The maximum atomic E-state index is 11.9. The molecule has 0 unspecified atom stereocenters. The van der Waals surface area contributed by atoms with Crippen molar-refractivity contribution in [1.29, 1.82) is 5.26 Å². The Hall–Kier alpha value is -3.40. The van der Waals surface area contributed by atoms with E-state index in [2.05, 4.69) is 5.32 Å². The number of aromatic carboxylic acids is 1. The van der Waals surface area contributed by atoms with E-state index in [-0.39, 0.29) is 12.1 Å². The molecule has 1 aromatic heterocycles. The molecule has 0 bridgehead atoms. The molecular weight excluding hydrogens is 286 g/mol. The number of nitriles is 1. The van der Waals surface area contributed by atoms with E-state index in [0.29, 0.717) is 11.3 Å². The van der Waals surface area contributed by atoms with Gasteiger partial charge in [-0.1, -0.05) is 6.07 Å². The highest BCUT2D eigenvalue weighted by Gasteiger charge is 2.09. The Balaban J connectivity index is 2.15. The van der Waals surface area contributed by atoms with E-state index in [4.69, 9.17) is 10.4 Å². The molecule has 110 valence electrons. The standard InChI is InChI=1S/C15H11N3O4/c16-7-10-2-1-3-12(6-10)17-13(19)9-18-8-11(15(21)22)4-5-14(18)20/h1-6,8H,9H2,(H,17,19)(H,21,22). The molecule has 0 saturated heterocycles. The number of carboxylic acid groups (broad SMARTS) is 1. The zero-order valence-corrected chi connectivity index (χ0v) is 11.3. The predicted molar refractivity (Wildman–Crippen MR) is 77.4 cm³/mol. The van der Waals surface area contributed by atoms with Crippen LogP contribution in [0.1, 0.15) is 15.9 Å². The van der Waals surface area contributed by atoms with Crippen LogP contribution in [0, 0.1) is 11.3 Å². The molecule has 7 heteroatoms. The maximum absolute atomic E-state index is 11.9. The van der Waals surface area contributed by atoms with Crippen LogP contribution in [0.4, 0.5) is 5.69 Å². The molecule has 0 fully saturated rings. The van der Waals surface area contributed by atoms with Gasteiger partial charge in [-0.3, -0.25) is 9.59 Å². The minimum absolute atomic E-state index is 0.0844. The van der Waals surface area contributed by atoms with E-state index in [0.717, 1.165) is 16.8 Å². The maximum Gasteiger partial charge on any atom is 0.337 e. The summed E-state index contributed by atoms with van der Waals surface area (Å²) >= 11 is 0. The van der Waals surface area contributed by atoms with Gasteiger partial charge in [-0.25, -0.2) is 4.79 Å². The van der Waals surface area contributed by atoms with Crippen molar-refractivity contribution in [1.82, 2.24) is 4.57 Å². The third-order valence-corrected chi connectivity index (χ3v) is 2.82. The number of pyridine rings is 1. The lowest BCUT2D eigenvalue weighted by Gasteiger charge is -2.08. The van der Waals surface area contributed by atoms with Crippen LogP contribution in [0.15, 0.2) is 47.4 Å². The second-order valence-electron chi connectivity index (χ2n) is 4.43. The molecule has 0 aliphatic heterocycles. The Kier molecular flexibility index (Phi) is 4.34. The van der Waals surface area contributed by atoms with Crippen LogP contribution in [0.5, 0.6) is 0 Å². The number of carboxylic acids is 1. The topological polar surface area (TPSA) is 112 Å². The first kappa shape index (κ1) is 15.0. The number of anilines is 1. The van der Waals surface area contributed by atoms with Crippen LogP contribution >= 0.6 is 0 Å². The fourth-order valence-electron chi connectivity index (χ4n) is 1.80. The summed E-state index contributed by atoms with van der Waals surface area (Å²) < 4.78 is 1.01. The van der Waals surface area contributed by atoms with Gasteiger partial charge in [0.15, 0.2) is 0 Å². The van der Waals surface area contributed by atoms with Crippen LogP contribution in [0.2, 0.25) is 0 Å². The van der Waals surface area contributed by atoms with Crippen molar-refractivity contribution in [2.75, 3.05) is 5.32 Å². The summed E-state index contributed by atoms with van der Waals surface area (Å²) in [4.78, 5) is 34.4. The van der Waals surface area contributed by atoms with Crippen molar-refractivity contribution < 1.29 is 14.7 Å². The van der Waals surface area contributed by atoms with Gasteiger partial charge in [0.05, 0.1) is 17.2 Å². The molecule has 0 atom stereocenters. The fraction of sp³-hybridized carbons (Fsp3) is 0.0667. The fourth-order valence-corrected chi connectivity index (χ4v) is 1.80. The Labute approximate surface area is 125 Å². The van der Waals surface area contributed by atoms with E-state index >= 15 is 0 Å². The number of benzene rings is 1. The Morgan fingerprint density at radius 3 is 2.73 bits per heavy atom. The number of nitrogens with zero attached hydrogens (tertiary/aromatic N) is 2. The zero-order chi connectivity index (χ0) is 16.1. The van der Waals surface area contributed by atoms with Crippen molar-refractivity contribution in [3.8, 4) is 6.07 Å². The smallest absolute Gasteiger partial charge is 0.337 e. The normalized spacial score (nSPS) is 9.77. The van der Waals surface area contributed by atoms with Crippen molar-refractivity contribution in [3.05, 3.63) is 64.1 Å². The Morgan fingerprint density at radius 1 is 1.27 bits per heavy atom. The first-order valence-electron chi connectivity index (χ1n) is 6.23. The van der Waals surface area contributed by atoms with Crippen molar-refractivity contribution >= 4 is 17.6 Å². The molecule has 0 aliphatic rings. The van der Waals surface area contributed by atoms with Crippen molar-refractivity contribution in [2.24, 2.45) is 0 Å². The molecule has 7 nitrogen and oxygen atoms in total. The first-order valence-corrected chi connectivity index (χ1v) is 6.23. The first-order chi connectivity index (χ1) is 10.5.